The van der Waals surface area contributed by atoms with Crippen LogP contribution >= 0.6 is 0 Å². The first-order valence-electron chi connectivity index (χ1n) is 6.78. The summed E-state index contributed by atoms with van der Waals surface area (Å²) in [7, 11) is 0. The highest BCUT2D eigenvalue weighted by Gasteiger charge is 2.34. The molecule has 1 fully saturated rings. The third-order valence-corrected chi connectivity index (χ3v) is 3.68. The van der Waals surface area contributed by atoms with Gasteiger partial charge in [-0.05, 0) is 24.6 Å². The van der Waals surface area contributed by atoms with E-state index in [1.807, 2.05) is 42.2 Å². The van der Waals surface area contributed by atoms with Gasteiger partial charge in [-0.15, -0.1) is 0 Å². The van der Waals surface area contributed by atoms with Crippen molar-refractivity contribution in [3.8, 4) is 0 Å². The maximum atomic E-state index is 12.4. The van der Waals surface area contributed by atoms with Gasteiger partial charge in [-0.2, -0.15) is 0 Å². The zero-order valence-electron chi connectivity index (χ0n) is 11.4. The molecule has 4 heteroatoms. The topological polar surface area (TPSA) is 42.7 Å². The summed E-state index contributed by atoms with van der Waals surface area (Å²) in [5.41, 5.74) is 1.09. The van der Waals surface area contributed by atoms with Gasteiger partial charge in [-0.25, -0.2) is 0 Å². The van der Waals surface area contributed by atoms with Crippen molar-refractivity contribution in [2.45, 2.75) is 19.1 Å². The van der Waals surface area contributed by atoms with Gasteiger partial charge in [0.2, 0.25) is 0 Å². The Morgan fingerprint density at radius 3 is 2.70 bits per heavy atom. The first-order chi connectivity index (χ1) is 9.77. The third kappa shape index (κ3) is 2.34. The molecule has 1 aromatic carbocycles. The zero-order chi connectivity index (χ0) is 13.9. The normalized spacial score (nSPS) is 22.8. The monoisotopic (exact) mass is 271 g/mol. The molecule has 0 radical (unpaired) electrons. The molecular formula is C16H17NO3. The number of carbonyl (C=O) groups is 1. The van der Waals surface area contributed by atoms with Gasteiger partial charge in [0.15, 0.2) is 5.76 Å². The lowest BCUT2D eigenvalue weighted by atomic mass is 10.0. The Kier molecular flexibility index (Phi) is 3.56. The Hall–Kier alpha value is -2.07. The van der Waals surface area contributed by atoms with Crippen molar-refractivity contribution in [1.82, 2.24) is 4.90 Å². The minimum absolute atomic E-state index is 0.0243. The van der Waals surface area contributed by atoms with E-state index in [0.29, 0.717) is 18.9 Å². The molecule has 2 atom stereocenters. The van der Waals surface area contributed by atoms with E-state index in [0.717, 1.165) is 5.56 Å². The van der Waals surface area contributed by atoms with Crippen molar-refractivity contribution in [3.63, 3.8) is 0 Å². The van der Waals surface area contributed by atoms with Crippen LogP contribution in [0.2, 0.25) is 0 Å². The van der Waals surface area contributed by atoms with Gasteiger partial charge < -0.3 is 14.1 Å². The fraction of sp³-hybridized carbons (Fsp3) is 0.312. The second-order valence-electron chi connectivity index (χ2n) is 4.92. The molecule has 1 aliphatic heterocycles. The van der Waals surface area contributed by atoms with E-state index < -0.39 is 0 Å². The number of ether oxygens (including phenoxy) is 1. The van der Waals surface area contributed by atoms with E-state index in [1.54, 1.807) is 12.1 Å². The lowest BCUT2D eigenvalue weighted by molar-refractivity contribution is -0.0559. The molecule has 2 unspecified atom stereocenters. The molecule has 2 heterocycles. The summed E-state index contributed by atoms with van der Waals surface area (Å²) in [6.07, 6.45) is 1.43. The van der Waals surface area contributed by atoms with Crippen molar-refractivity contribution in [3.05, 3.63) is 60.1 Å². The van der Waals surface area contributed by atoms with Crippen molar-refractivity contribution < 1.29 is 13.9 Å². The van der Waals surface area contributed by atoms with Gasteiger partial charge >= 0.3 is 0 Å². The fourth-order valence-corrected chi connectivity index (χ4v) is 2.63. The fourth-order valence-electron chi connectivity index (χ4n) is 2.63. The summed E-state index contributed by atoms with van der Waals surface area (Å²) in [5.74, 6) is 0.303. The molecule has 1 aliphatic rings. The number of furan rings is 1. The summed E-state index contributed by atoms with van der Waals surface area (Å²) in [6, 6.07) is 13.4. The number of morpholine rings is 1. The van der Waals surface area contributed by atoms with Crippen LogP contribution in [-0.4, -0.2) is 30.0 Å². The molecule has 4 nitrogen and oxygen atoms in total. The summed E-state index contributed by atoms with van der Waals surface area (Å²) >= 11 is 0. The molecule has 1 aromatic heterocycles. The van der Waals surface area contributed by atoms with Gasteiger partial charge in [-0.3, -0.25) is 4.79 Å². The Bertz CT molecular complexity index is 565. The maximum Gasteiger partial charge on any atom is 0.289 e. The molecule has 0 spiro atoms. The van der Waals surface area contributed by atoms with Crippen molar-refractivity contribution in [2.24, 2.45) is 0 Å². The molecule has 0 saturated carbocycles. The van der Waals surface area contributed by atoms with Crippen LogP contribution in [0.5, 0.6) is 0 Å². The van der Waals surface area contributed by atoms with Gasteiger partial charge in [0.05, 0.1) is 18.9 Å². The van der Waals surface area contributed by atoms with Gasteiger partial charge in [0.25, 0.3) is 5.91 Å². The first kappa shape index (κ1) is 12.9. The largest absolute Gasteiger partial charge is 0.459 e. The van der Waals surface area contributed by atoms with Crippen molar-refractivity contribution in [1.29, 1.82) is 0 Å². The number of hydrogen-bond donors (Lipinski definition) is 0. The standard InChI is InChI=1S/C16H17NO3/c1-12-15(13-6-3-2-4-7-13)20-11-9-17(12)16(18)14-8-5-10-19-14/h2-8,10,12,15H,9,11H2,1H3. The lowest BCUT2D eigenvalue weighted by Crippen LogP contribution is -2.48. The van der Waals surface area contributed by atoms with E-state index in [4.69, 9.17) is 9.15 Å². The van der Waals surface area contributed by atoms with Crippen LogP contribution in [0, 0.1) is 0 Å². The summed E-state index contributed by atoms with van der Waals surface area (Å²) in [6.45, 7) is 3.14. The minimum Gasteiger partial charge on any atom is -0.459 e. The lowest BCUT2D eigenvalue weighted by Gasteiger charge is -2.39. The molecule has 0 bridgehead atoms. The highest BCUT2D eigenvalue weighted by molar-refractivity contribution is 5.91. The van der Waals surface area contributed by atoms with Crippen LogP contribution in [-0.2, 0) is 4.74 Å². The number of amides is 1. The molecule has 2 aromatic rings. The van der Waals surface area contributed by atoms with Crippen LogP contribution in [0.1, 0.15) is 29.1 Å². The summed E-state index contributed by atoms with van der Waals surface area (Å²) < 4.78 is 11.1. The van der Waals surface area contributed by atoms with Crippen LogP contribution in [0.15, 0.2) is 53.1 Å². The Balaban J connectivity index is 1.82. The number of rotatable bonds is 2. The molecule has 3 rings (SSSR count). The second-order valence-corrected chi connectivity index (χ2v) is 4.92. The maximum absolute atomic E-state index is 12.4. The Morgan fingerprint density at radius 2 is 2.00 bits per heavy atom. The second kappa shape index (κ2) is 5.51. The van der Waals surface area contributed by atoms with Gasteiger partial charge in [0, 0.05) is 6.54 Å². The quantitative estimate of drug-likeness (QED) is 0.843. The summed E-state index contributed by atoms with van der Waals surface area (Å²) in [5, 5.41) is 0. The third-order valence-electron chi connectivity index (χ3n) is 3.68. The number of carbonyl (C=O) groups excluding carboxylic acids is 1. The predicted molar refractivity (Wildman–Crippen MR) is 74.3 cm³/mol. The van der Waals surface area contributed by atoms with E-state index in [9.17, 15) is 4.79 Å². The first-order valence-corrected chi connectivity index (χ1v) is 6.78. The molecular weight excluding hydrogens is 254 g/mol. The number of nitrogens with zero attached hydrogens (tertiary/aromatic N) is 1. The SMILES string of the molecule is CC1C(c2ccccc2)OCCN1C(=O)c1ccco1. The van der Waals surface area contributed by atoms with Crippen LogP contribution < -0.4 is 0 Å². The molecule has 20 heavy (non-hydrogen) atoms. The molecule has 1 saturated heterocycles. The van der Waals surface area contributed by atoms with Crippen LogP contribution in [0.4, 0.5) is 0 Å². The number of benzene rings is 1. The predicted octanol–water partition coefficient (Wildman–Crippen LogP) is 2.88. The highest BCUT2D eigenvalue weighted by atomic mass is 16.5. The molecule has 0 N–H and O–H groups in total. The van der Waals surface area contributed by atoms with E-state index in [1.165, 1.54) is 6.26 Å². The van der Waals surface area contributed by atoms with Gasteiger partial charge in [0.1, 0.15) is 6.10 Å². The van der Waals surface area contributed by atoms with Crippen molar-refractivity contribution >= 4 is 5.91 Å². The minimum atomic E-state index is -0.0936. The van der Waals surface area contributed by atoms with Crippen LogP contribution in [0.25, 0.3) is 0 Å². The van der Waals surface area contributed by atoms with Crippen LogP contribution in [0.3, 0.4) is 0 Å². The van der Waals surface area contributed by atoms with Gasteiger partial charge in [-0.1, -0.05) is 30.3 Å². The highest BCUT2D eigenvalue weighted by Crippen LogP contribution is 2.29. The Morgan fingerprint density at radius 1 is 1.20 bits per heavy atom. The smallest absolute Gasteiger partial charge is 0.289 e. The average Bonchev–Trinajstić information content (AvgIpc) is 3.02. The van der Waals surface area contributed by atoms with E-state index >= 15 is 0 Å². The Labute approximate surface area is 118 Å². The van der Waals surface area contributed by atoms with Crippen molar-refractivity contribution in [2.75, 3.05) is 13.2 Å². The average molecular weight is 271 g/mol. The molecule has 0 aliphatic carbocycles. The molecule has 104 valence electrons. The van der Waals surface area contributed by atoms with E-state index in [-0.39, 0.29) is 18.1 Å². The molecule has 1 amide bonds. The number of hydrogen-bond acceptors (Lipinski definition) is 3. The zero-order valence-corrected chi connectivity index (χ0v) is 11.4. The van der Waals surface area contributed by atoms with E-state index in [2.05, 4.69) is 0 Å². The summed E-state index contributed by atoms with van der Waals surface area (Å²) in [4.78, 5) is 14.2.